The van der Waals surface area contributed by atoms with Gasteiger partial charge in [0.25, 0.3) is 5.56 Å². The van der Waals surface area contributed by atoms with Gasteiger partial charge >= 0.3 is 5.97 Å². The number of aliphatic hydroxyl groups is 1. The summed E-state index contributed by atoms with van der Waals surface area (Å²) in [5, 5.41) is 13.7. The number of thiocarbonyl (C=S) groups is 1. The van der Waals surface area contributed by atoms with Gasteiger partial charge in [-0.15, -0.1) is 0 Å². The number of carbonyl (C=O) groups is 1. The molecule has 3 aromatic rings. The first-order valence-electron chi connectivity index (χ1n) is 9.39. The number of fused-ring (bicyclic) bond motifs is 1. The van der Waals surface area contributed by atoms with Crippen molar-refractivity contribution in [2.45, 2.75) is 13.5 Å². The van der Waals surface area contributed by atoms with Gasteiger partial charge in [-0.2, -0.15) is 0 Å². The number of aromatic amines is 1. The highest BCUT2D eigenvalue weighted by atomic mass is 32.1. The molecule has 0 aliphatic rings. The molecule has 7 nitrogen and oxygen atoms in total. The van der Waals surface area contributed by atoms with E-state index in [0.717, 1.165) is 16.5 Å². The Morgan fingerprint density at radius 1 is 1.23 bits per heavy atom. The van der Waals surface area contributed by atoms with Crippen molar-refractivity contribution in [3.8, 4) is 0 Å². The molecule has 0 radical (unpaired) electrons. The number of benzene rings is 2. The molecule has 0 unspecified atom stereocenters. The molecular formula is C22H23N3O4S. The van der Waals surface area contributed by atoms with Crippen molar-refractivity contribution in [1.29, 1.82) is 0 Å². The molecule has 156 valence electrons. The number of hydrogen-bond donors (Lipinski definition) is 3. The van der Waals surface area contributed by atoms with E-state index in [9.17, 15) is 14.7 Å². The van der Waals surface area contributed by atoms with Crippen LogP contribution in [0, 0.1) is 6.92 Å². The van der Waals surface area contributed by atoms with Crippen LogP contribution in [0.4, 0.5) is 5.69 Å². The number of anilines is 1. The average Bonchev–Trinajstić information content (AvgIpc) is 2.74. The van der Waals surface area contributed by atoms with E-state index < -0.39 is 5.97 Å². The fraction of sp³-hybridized carbons (Fsp3) is 0.227. The number of methoxy groups -OCH3 is 1. The maximum absolute atomic E-state index is 12.6. The molecule has 0 saturated heterocycles. The maximum Gasteiger partial charge on any atom is 0.339 e. The summed E-state index contributed by atoms with van der Waals surface area (Å²) in [5.41, 5.74) is 2.98. The lowest BCUT2D eigenvalue weighted by Crippen LogP contribution is -2.38. The van der Waals surface area contributed by atoms with Crippen molar-refractivity contribution < 1.29 is 14.6 Å². The zero-order valence-electron chi connectivity index (χ0n) is 16.8. The fourth-order valence-corrected chi connectivity index (χ4v) is 3.41. The smallest absolute Gasteiger partial charge is 0.339 e. The summed E-state index contributed by atoms with van der Waals surface area (Å²) < 4.78 is 4.81. The molecule has 0 aliphatic heterocycles. The van der Waals surface area contributed by atoms with E-state index in [-0.39, 0.29) is 30.4 Å². The number of aryl methyl sites for hydroxylation is 1. The molecule has 0 saturated carbocycles. The standard InChI is InChI=1S/C22H23N3O4S/c1-14-7-8-18-15(11-14)12-16(20(27)23-18)13-25(9-10-26)22(30)24-19-6-4-3-5-17(19)21(28)29-2/h3-8,11-12,26H,9-10,13H2,1-2H3,(H,23,27)(H,24,30). The normalized spacial score (nSPS) is 10.6. The number of pyridine rings is 1. The second-order valence-electron chi connectivity index (χ2n) is 6.83. The van der Waals surface area contributed by atoms with Crippen molar-refractivity contribution >= 4 is 39.9 Å². The van der Waals surface area contributed by atoms with Gasteiger partial charge in [-0.05, 0) is 54.9 Å². The Morgan fingerprint density at radius 3 is 2.73 bits per heavy atom. The number of aliphatic hydroxyl groups excluding tert-OH is 1. The van der Waals surface area contributed by atoms with Gasteiger partial charge in [-0.25, -0.2) is 4.79 Å². The number of esters is 1. The Kier molecular flexibility index (Phi) is 6.81. The third-order valence-electron chi connectivity index (χ3n) is 4.67. The molecule has 1 heterocycles. The van der Waals surface area contributed by atoms with Crippen molar-refractivity contribution in [2.75, 3.05) is 25.6 Å². The second-order valence-corrected chi connectivity index (χ2v) is 7.21. The van der Waals surface area contributed by atoms with E-state index >= 15 is 0 Å². The summed E-state index contributed by atoms with van der Waals surface area (Å²) in [6.07, 6.45) is 0. The summed E-state index contributed by atoms with van der Waals surface area (Å²) in [6, 6.07) is 14.5. The van der Waals surface area contributed by atoms with E-state index in [1.807, 2.05) is 31.2 Å². The number of hydrogen-bond acceptors (Lipinski definition) is 5. The van der Waals surface area contributed by atoms with Crippen molar-refractivity contribution in [2.24, 2.45) is 0 Å². The Balaban J connectivity index is 1.87. The monoisotopic (exact) mass is 425 g/mol. The van der Waals surface area contributed by atoms with Crippen LogP contribution in [0.5, 0.6) is 0 Å². The van der Waals surface area contributed by atoms with Gasteiger partial charge in [0.2, 0.25) is 0 Å². The van der Waals surface area contributed by atoms with Crippen LogP contribution in [0.15, 0.2) is 53.3 Å². The first-order chi connectivity index (χ1) is 14.4. The van der Waals surface area contributed by atoms with Crippen LogP contribution in [-0.4, -0.2) is 46.3 Å². The molecule has 2 aromatic carbocycles. The number of nitrogens with one attached hydrogen (secondary N) is 2. The van der Waals surface area contributed by atoms with Gasteiger partial charge in [0.15, 0.2) is 5.11 Å². The van der Waals surface area contributed by atoms with Gasteiger partial charge in [-0.3, -0.25) is 4.79 Å². The number of ether oxygens (including phenoxy) is 1. The Bertz CT molecular complexity index is 1140. The van der Waals surface area contributed by atoms with Crippen LogP contribution < -0.4 is 10.9 Å². The van der Waals surface area contributed by atoms with E-state index in [0.29, 0.717) is 16.8 Å². The summed E-state index contributed by atoms with van der Waals surface area (Å²) in [5.74, 6) is -0.490. The zero-order chi connectivity index (χ0) is 21.7. The molecule has 0 fully saturated rings. The number of H-pyrrole nitrogens is 1. The number of aromatic nitrogens is 1. The van der Waals surface area contributed by atoms with Gasteiger partial charge in [0.05, 0.1) is 31.5 Å². The SMILES string of the molecule is COC(=O)c1ccccc1NC(=S)N(CCO)Cc1cc2cc(C)ccc2[nH]c1=O. The lowest BCUT2D eigenvalue weighted by Gasteiger charge is -2.25. The molecule has 3 rings (SSSR count). The summed E-state index contributed by atoms with van der Waals surface area (Å²) in [6.45, 7) is 2.26. The zero-order valence-corrected chi connectivity index (χ0v) is 17.6. The number of para-hydroxylation sites is 1. The van der Waals surface area contributed by atoms with Crippen LogP contribution >= 0.6 is 12.2 Å². The minimum absolute atomic E-state index is 0.148. The minimum Gasteiger partial charge on any atom is -0.465 e. The Morgan fingerprint density at radius 2 is 2.00 bits per heavy atom. The average molecular weight is 426 g/mol. The van der Waals surface area contributed by atoms with Gasteiger partial charge in [0, 0.05) is 17.6 Å². The molecule has 8 heteroatoms. The van der Waals surface area contributed by atoms with E-state index in [2.05, 4.69) is 10.3 Å². The predicted octanol–water partition coefficient (Wildman–Crippen LogP) is 2.81. The van der Waals surface area contributed by atoms with Crippen molar-refractivity contribution in [3.63, 3.8) is 0 Å². The summed E-state index contributed by atoms with van der Waals surface area (Å²) in [7, 11) is 1.31. The van der Waals surface area contributed by atoms with Crippen LogP contribution in [-0.2, 0) is 11.3 Å². The fourth-order valence-electron chi connectivity index (χ4n) is 3.14. The number of rotatable bonds is 6. The summed E-state index contributed by atoms with van der Waals surface area (Å²) in [4.78, 5) is 29.1. The lowest BCUT2D eigenvalue weighted by atomic mass is 10.1. The van der Waals surface area contributed by atoms with Crippen LogP contribution in [0.3, 0.4) is 0 Å². The highest BCUT2D eigenvalue weighted by Gasteiger charge is 2.17. The topological polar surface area (TPSA) is 94.7 Å². The molecule has 1 aromatic heterocycles. The van der Waals surface area contributed by atoms with Crippen molar-refractivity contribution in [3.05, 3.63) is 75.6 Å². The van der Waals surface area contributed by atoms with Crippen molar-refractivity contribution in [1.82, 2.24) is 9.88 Å². The Labute approximate surface area is 179 Å². The maximum atomic E-state index is 12.6. The molecular weight excluding hydrogens is 402 g/mol. The molecule has 0 amide bonds. The molecule has 0 aliphatic carbocycles. The lowest BCUT2D eigenvalue weighted by molar-refractivity contribution is 0.0602. The molecule has 0 spiro atoms. The molecule has 0 bridgehead atoms. The minimum atomic E-state index is -0.490. The third-order valence-corrected chi connectivity index (χ3v) is 5.03. The molecule has 30 heavy (non-hydrogen) atoms. The van der Waals surface area contributed by atoms with Crippen LogP contribution in [0.2, 0.25) is 0 Å². The third kappa shape index (κ3) is 4.84. The largest absolute Gasteiger partial charge is 0.465 e. The van der Waals surface area contributed by atoms with Gasteiger partial charge < -0.3 is 25.0 Å². The first-order valence-corrected chi connectivity index (χ1v) is 9.80. The van der Waals surface area contributed by atoms with Crippen LogP contribution in [0.25, 0.3) is 10.9 Å². The summed E-state index contributed by atoms with van der Waals surface area (Å²) >= 11 is 5.50. The predicted molar refractivity (Wildman–Crippen MR) is 121 cm³/mol. The van der Waals surface area contributed by atoms with E-state index in [1.54, 1.807) is 29.2 Å². The number of nitrogens with zero attached hydrogens (tertiary/aromatic N) is 1. The van der Waals surface area contributed by atoms with E-state index in [4.69, 9.17) is 17.0 Å². The van der Waals surface area contributed by atoms with Crippen LogP contribution in [0.1, 0.15) is 21.5 Å². The second kappa shape index (κ2) is 9.51. The molecule has 0 atom stereocenters. The quantitative estimate of drug-likeness (QED) is 0.413. The first kappa shape index (κ1) is 21.5. The highest BCUT2D eigenvalue weighted by Crippen LogP contribution is 2.18. The highest BCUT2D eigenvalue weighted by molar-refractivity contribution is 7.80. The van der Waals surface area contributed by atoms with E-state index in [1.165, 1.54) is 7.11 Å². The van der Waals surface area contributed by atoms with Gasteiger partial charge in [0.1, 0.15) is 0 Å². The van der Waals surface area contributed by atoms with Gasteiger partial charge in [-0.1, -0.05) is 23.8 Å². The number of carbonyl (C=O) groups excluding carboxylic acids is 1. The Hall–Kier alpha value is -3.23. The molecule has 3 N–H and O–H groups in total.